The topological polar surface area (TPSA) is 84.5 Å². The Hall–Kier alpha value is -1.15. The van der Waals surface area contributed by atoms with E-state index in [2.05, 4.69) is 14.8 Å². The highest BCUT2D eigenvalue weighted by molar-refractivity contribution is 7.89. The molecule has 0 radical (unpaired) electrons. The first-order valence-electron chi connectivity index (χ1n) is 7.02. The summed E-state index contributed by atoms with van der Waals surface area (Å²) in [7, 11) is -2.41. The molecule has 0 saturated carbocycles. The number of ether oxygens (including phenoxy) is 1. The molecule has 2 rings (SSSR count). The van der Waals surface area contributed by atoms with Crippen molar-refractivity contribution in [2.75, 3.05) is 26.7 Å². The first-order chi connectivity index (χ1) is 10.4. The zero-order valence-electron chi connectivity index (χ0n) is 12.3. The van der Waals surface area contributed by atoms with Crippen LogP contribution in [0.1, 0.15) is 23.2 Å². The molecule has 1 fully saturated rings. The normalized spacial score (nSPS) is 18.9. The molecule has 0 spiro atoms. The van der Waals surface area contributed by atoms with Crippen molar-refractivity contribution in [3.05, 3.63) is 28.8 Å². The SMILES string of the molecule is COC(=O)c1ccc(S(=O)(=O)NC[C@@H]2CCCNC2)cc1Cl. The van der Waals surface area contributed by atoms with Gasteiger partial charge in [0.25, 0.3) is 0 Å². The highest BCUT2D eigenvalue weighted by Crippen LogP contribution is 2.22. The lowest BCUT2D eigenvalue weighted by molar-refractivity contribution is 0.0601. The summed E-state index contributed by atoms with van der Waals surface area (Å²) >= 11 is 5.95. The predicted octanol–water partition coefficient (Wildman–Crippen LogP) is 1.40. The number of carbonyl (C=O) groups excluding carboxylic acids is 1. The van der Waals surface area contributed by atoms with Crippen molar-refractivity contribution < 1.29 is 17.9 Å². The number of piperidine rings is 1. The van der Waals surface area contributed by atoms with Crippen LogP contribution in [0.2, 0.25) is 5.02 Å². The van der Waals surface area contributed by atoms with Gasteiger partial charge in [-0.1, -0.05) is 11.6 Å². The van der Waals surface area contributed by atoms with Crippen LogP contribution in [-0.4, -0.2) is 41.1 Å². The van der Waals surface area contributed by atoms with E-state index < -0.39 is 16.0 Å². The van der Waals surface area contributed by atoms with Gasteiger partial charge >= 0.3 is 5.97 Å². The Balaban J connectivity index is 2.08. The molecule has 1 aliphatic rings. The van der Waals surface area contributed by atoms with E-state index >= 15 is 0 Å². The van der Waals surface area contributed by atoms with Gasteiger partial charge in [-0.05, 0) is 50.0 Å². The summed E-state index contributed by atoms with van der Waals surface area (Å²) in [4.78, 5) is 11.5. The standard InChI is InChI=1S/C14H19ClN2O4S/c1-21-14(18)12-5-4-11(7-13(12)15)22(19,20)17-9-10-3-2-6-16-8-10/h4-5,7,10,16-17H,2-3,6,8-9H2,1H3/t10-/m1/s1. The van der Waals surface area contributed by atoms with E-state index in [1.807, 2.05) is 0 Å². The lowest BCUT2D eigenvalue weighted by Gasteiger charge is -2.22. The molecule has 8 heteroatoms. The monoisotopic (exact) mass is 346 g/mol. The van der Waals surface area contributed by atoms with Gasteiger partial charge in [-0.3, -0.25) is 0 Å². The molecule has 0 amide bonds. The van der Waals surface area contributed by atoms with Crippen LogP contribution in [0.15, 0.2) is 23.1 Å². The maximum atomic E-state index is 12.3. The van der Waals surface area contributed by atoms with Crippen LogP contribution in [0.25, 0.3) is 0 Å². The van der Waals surface area contributed by atoms with Crippen molar-refractivity contribution in [2.45, 2.75) is 17.7 Å². The van der Waals surface area contributed by atoms with E-state index in [1.165, 1.54) is 25.3 Å². The molecule has 0 unspecified atom stereocenters. The fourth-order valence-corrected chi connectivity index (χ4v) is 3.81. The molecule has 1 aliphatic heterocycles. The number of methoxy groups -OCH3 is 1. The Morgan fingerprint density at radius 2 is 2.27 bits per heavy atom. The van der Waals surface area contributed by atoms with Gasteiger partial charge in [-0.2, -0.15) is 0 Å². The quantitative estimate of drug-likeness (QED) is 0.787. The van der Waals surface area contributed by atoms with Crippen molar-refractivity contribution in [2.24, 2.45) is 5.92 Å². The molecule has 122 valence electrons. The second kappa shape index (κ2) is 7.41. The summed E-state index contributed by atoms with van der Waals surface area (Å²) in [5.74, 6) is -0.316. The molecule has 1 atom stereocenters. The second-order valence-corrected chi connectivity index (χ2v) is 7.37. The van der Waals surface area contributed by atoms with E-state index in [-0.39, 0.29) is 21.4 Å². The van der Waals surface area contributed by atoms with E-state index in [1.54, 1.807) is 0 Å². The minimum Gasteiger partial charge on any atom is -0.465 e. The molecular weight excluding hydrogens is 328 g/mol. The molecule has 1 saturated heterocycles. The molecule has 0 bridgehead atoms. The number of hydrogen-bond acceptors (Lipinski definition) is 5. The van der Waals surface area contributed by atoms with Gasteiger partial charge in [0.1, 0.15) is 0 Å². The Kier molecular flexibility index (Phi) is 5.80. The average molecular weight is 347 g/mol. The summed E-state index contributed by atoms with van der Waals surface area (Å²) in [6.07, 6.45) is 2.05. The molecule has 1 aromatic rings. The Morgan fingerprint density at radius 3 is 2.86 bits per heavy atom. The van der Waals surface area contributed by atoms with E-state index in [0.29, 0.717) is 6.54 Å². The van der Waals surface area contributed by atoms with E-state index in [0.717, 1.165) is 25.9 Å². The molecule has 1 aromatic carbocycles. The zero-order chi connectivity index (χ0) is 16.2. The Bertz CT molecular complexity index is 642. The summed E-state index contributed by atoms with van der Waals surface area (Å²) in [6, 6.07) is 3.96. The summed E-state index contributed by atoms with van der Waals surface area (Å²) in [5, 5.41) is 3.29. The fourth-order valence-electron chi connectivity index (χ4n) is 2.35. The zero-order valence-corrected chi connectivity index (χ0v) is 13.8. The molecular formula is C14H19ClN2O4S. The third kappa shape index (κ3) is 4.19. The number of sulfonamides is 1. The average Bonchev–Trinajstić information content (AvgIpc) is 2.53. The van der Waals surface area contributed by atoms with Gasteiger partial charge in [-0.25, -0.2) is 17.9 Å². The number of hydrogen-bond donors (Lipinski definition) is 2. The molecule has 0 aromatic heterocycles. The largest absolute Gasteiger partial charge is 0.465 e. The minimum absolute atomic E-state index is 0.0360. The summed E-state index contributed by atoms with van der Waals surface area (Å²) < 4.78 is 31.7. The van der Waals surface area contributed by atoms with Gasteiger partial charge in [-0.15, -0.1) is 0 Å². The fraction of sp³-hybridized carbons (Fsp3) is 0.500. The van der Waals surface area contributed by atoms with Crippen LogP contribution in [0.4, 0.5) is 0 Å². The predicted molar refractivity (Wildman–Crippen MR) is 83.6 cm³/mol. The molecule has 6 nitrogen and oxygen atoms in total. The third-order valence-corrected chi connectivity index (χ3v) is 5.35. The lowest BCUT2D eigenvalue weighted by atomic mass is 10.0. The highest BCUT2D eigenvalue weighted by atomic mass is 35.5. The maximum absolute atomic E-state index is 12.3. The third-order valence-electron chi connectivity index (χ3n) is 3.62. The first-order valence-corrected chi connectivity index (χ1v) is 8.88. The Labute approximate surface area is 135 Å². The van der Waals surface area contributed by atoms with Gasteiger partial charge < -0.3 is 10.1 Å². The number of carbonyl (C=O) groups is 1. The van der Waals surface area contributed by atoms with Gasteiger partial charge in [0.05, 0.1) is 22.6 Å². The number of nitrogens with one attached hydrogen (secondary N) is 2. The van der Waals surface area contributed by atoms with Gasteiger partial charge in [0.15, 0.2) is 0 Å². The van der Waals surface area contributed by atoms with E-state index in [4.69, 9.17) is 11.6 Å². The van der Waals surface area contributed by atoms with Gasteiger partial charge in [0.2, 0.25) is 10.0 Å². The number of halogens is 1. The number of esters is 1. The van der Waals surface area contributed by atoms with Crippen LogP contribution < -0.4 is 10.0 Å². The van der Waals surface area contributed by atoms with Crippen LogP contribution in [0.5, 0.6) is 0 Å². The van der Waals surface area contributed by atoms with Crippen molar-refractivity contribution >= 4 is 27.6 Å². The van der Waals surface area contributed by atoms with Crippen LogP contribution >= 0.6 is 11.6 Å². The van der Waals surface area contributed by atoms with Crippen molar-refractivity contribution in [3.63, 3.8) is 0 Å². The highest BCUT2D eigenvalue weighted by Gasteiger charge is 2.20. The minimum atomic E-state index is -3.65. The maximum Gasteiger partial charge on any atom is 0.339 e. The van der Waals surface area contributed by atoms with Crippen LogP contribution in [0.3, 0.4) is 0 Å². The molecule has 1 heterocycles. The van der Waals surface area contributed by atoms with E-state index in [9.17, 15) is 13.2 Å². The van der Waals surface area contributed by atoms with Crippen LogP contribution in [-0.2, 0) is 14.8 Å². The molecule has 2 N–H and O–H groups in total. The van der Waals surface area contributed by atoms with Crippen molar-refractivity contribution in [1.29, 1.82) is 0 Å². The van der Waals surface area contributed by atoms with Crippen LogP contribution in [0, 0.1) is 5.92 Å². The molecule has 22 heavy (non-hydrogen) atoms. The first kappa shape index (κ1) is 17.2. The Morgan fingerprint density at radius 1 is 1.50 bits per heavy atom. The summed E-state index contributed by atoms with van der Waals surface area (Å²) in [5.41, 5.74) is 0.139. The van der Waals surface area contributed by atoms with Crippen molar-refractivity contribution in [1.82, 2.24) is 10.0 Å². The molecule has 0 aliphatic carbocycles. The lowest BCUT2D eigenvalue weighted by Crippen LogP contribution is -2.38. The summed E-state index contributed by atoms with van der Waals surface area (Å²) in [6.45, 7) is 2.17. The number of benzene rings is 1. The number of rotatable bonds is 5. The smallest absolute Gasteiger partial charge is 0.339 e. The van der Waals surface area contributed by atoms with Crippen molar-refractivity contribution in [3.8, 4) is 0 Å². The van der Waals surface area contributed by atoms with Gasteiger partial charge in [0, 0.05) is 6.54 Å². The second-order valence-electron chi connectivity index (χ2n) is 5.20.